The summed E-state index contributed by atoms with van der Waals surface area (Å²) in [7, 11) is 1.25. The third kappa shape index (κ3) is 3.22. The average molecular weight is 232 g/mol. The van der Waals surface area contributed by atoms with Crippen LogP contribution in [-0.2, 0) is 0 Å². The Morgan fingerprint density at radius 2 is 2.12 bits per heavy atom. The number of ketones is 1. The summed E-state index contributed by atoms with van der Waals surface area (Å²) in [6.07, 6.45) is -2.96. The lowest BCUT2D eigenvalue weighted by molar-refractivity contribution is -0.119. The van der Waals surface area contributed by atoms with E-state index in [0.29, 0.717) is 0 Å². The molecule has 0 fully saturated rings. The maximum atomic E-state index is 12.2. The summed E-state index contributed by atoms with van der Waals surface area (Å²) in [5.41, 5.74) is 0.189. The van der Waals surface area contributed by atoms with Gasteiger partial charge in [0.25, 0.3) is 0 Å². The third-order valence-electron chi connectivity index (χ3n) is 1.94. The van der Waals surface area contributed by atoms with E-state index in [9.17, 15) is 18.0 Å². The van der Waals surface area contributed by atoms with Crippen molar-refractivity contribution in [3.8, 4) is 0 Å². The van der Waals surface area contributed by atoms with Crippen molar-refractivity contribution in [2.24, 2.45) is 0 Å². The van der Waals surface area contributed by atoms with Crippen LogP contribution in [0.1, 0.15) is 17.3 Å². The van der Waals surface area contributed by atoms with Gasteiger partial charge in [-0.25, -0.2) is 4.98 Å². The highest BCUT2D eigenvalue weighted by atomic mass is 19.4. The molecule has 0 bridgehead atoms. The van der Waals surface area contributed by atoms with Gasteiger partial charge in [0.1, 0.15) is 12.4 Å². The molecule has 0 aliphatic heterocycles. The largest absolute Gasteiger partial charge is 0.405 e. The summed E-state index contributed by atoms with van der Waals surface area (Å²) < 4.78 is 36.5. The molecule has 0 atom stereocenters. The Morgan fingerprint density at radius 1 is 1.50 bits per heavy atom. The Bertz CT molecular complexity index is 390. The second-order valence-electron chi connectivity index (χ2n) is 3.40. The van der Waals surface area contributed by atoms with Gasteiger partial charge in [0.15, 0.2) is 5.78 Å². The number of carbonyl (C=O) groups is 1. The average Bonchev–Trinajstić information content (AvgIpc) is 2.15. The van der Waals surface area contributed by atoms with Crippen LogP contribution in [-0.4, -0.2) is 30.5 Å². The molecule has 0 saturated carbocycles. The predicted octanol–water partition coefficient (Wildman–Crippen LogP) is 2.28. The van der Waals surface area contributed by atoms with Crippen LogP contribution in [0.25, 0.3) is 0 Å². The first-order valence-electron chi connectivity index (χ1n) is 4.55. The smallest absolute Gasteiger partial charge is 0.350 e. The predicted molar refractivity (Wildman–Crippen MR) is 53.6 cm³/mol. The summed E-state index contributed by atoms with van der Waals surface area (Å²) >= 11 is 0. The fourth-order valence-corrected chi connectivity index (χ4v) is 1.32. The number of carbonyl (C=O) groups excluding carboxylic acids is 1. The minimum absolute atomic E-state index is 0.0484. The molecule has 0 spiro atoms. The molecule has 1 heterocycles. The number of Topliss-reactive ketones (excluding diaryl/α,β-unsaturated/α-hetero) is 1. The van der Waals surface area contributed by atoms with Crippen molar-refractivity contribution in [2.75, 3.05) is 18.5 Å². The van der Waals surface area contributed by atoms with Gasteiger partial charge in [-0.2, -0.15) is 13.2 Å². The van der Waals surface area contributed by atoms with Crippen LogP contribution < -0.4 is 4.90 Å². The van der Waals surface area contributed by atoms with E-state index in [0.717, 1.165) is 4.90 Å². The van der Waals surface area contributed by atoms with Gasteiger partial charge in [0.2, 0.25) is 0 Å². The maximum Gasteiger partial charge on any atom is 0.405 e. The molecule has 6 heteroatoms. The fraction of sp³-hybridized carbons (Fsp3) is 0.400. The highest BCUT2D eigenvalue weighted by molar-refractivity contribution is 5.98. The Hall–Kier alpha value is -1.59. The lowest BCUT2D eigenvalue weighted by Gasteiger charge is -2.21. The standard InChI is InChI=1S/C10H11F3N2O/c1-7(16)8-4-3-5-14-9(8)15(2)6-10(11,12)13/h3-5H,6H2,1-2H3. The zero-order valence-corrected chi connectivity index (χ0v) is 8.88. The van der Waals surface area contributed by atoms with Crippen molar-refractivity contribution in [3.05, 3.63) is 23.9 Å². The van der Waals surface area contributed by atoms with Gasteiger partial charge in [-0.15, -0.1) is 0 Å². The molecule has 0 aromatic carbocycles. The van der Waals surface area contributed by atoms with Crippen molar-refractivity contribution in [3.63, 3.8) is 0 Å². The van der Waals surface area contributed by atoms with Crippen LogP contribution in [0, 0.1) is 0 Å². The van der Waals surface area contributed by atoms with Gasteiger partial charge in [0.05, 0.1) is 5.56 Å². The van der Waals surface area contributed by atoms with Gasteiger partial charge in [-0.1, -0.05) is 0 Å². The van der Waals surface area contributed by atoms with Crippen LogP contribution in [0.4, 0.5) is 19.0 Å². The number of halogens is 3. The zero-order valence-electron chi connectivity index (χ0n) is 8.88. The lowest BCUT2D eigenvalue weighted by atomic mass is 10.2. The molecular weight excluding hydrogens is 221 g/mol. The number of rotatable bonds is 3. The number of hydrogen-bond donors (Lipinski definition) is 0. The highest BCUT2D eigenvalue weighted by Crippen LogP contribution is 2.22. The lowest BCUT2D eigenvalue weighted by Crippen LogP contribution is -2.32. The monoisotopic (exact) mass is 232 g/mol. The van der Waals surface area contributed by atoms with Crippen molar-refractivity contribution >= 4 is 11.6 Å². The van der Waals surface area contributed by atoms with Crippen LogP contribution in [0.5, 0.6) is 0 Å². The van der Waals surface area contributed by atoms with Gasteiger partial charge in [-0.05, 0) is 19.1 Å². The summed E-state index contributed by atoms with van der Waals surface area (Å²) in [5, 5.41) is 0. The number of alkyl halides is 3. The second kappa shape index (κ2) is 4.51. The SMILES string of the molecule is CC(=O)c1cccnc1N(C)CC(F)(F)F. The van der Waals surface area contributed by atoms with Crippen molar-refractivity contribution in [1.29, 1.82) is 0 Å². The highest BCUT2D eigenvalue weighted by Gasteiger charge is 2.30. The first-order chi connectivity index (χ1) is 7.31. The van der Waals surface area contributed by atoms with E-state index in [1.165, 1.54) is 32.3 Å². The molecule has 0 radical (unpaired) electrons. The van der Waals surface area contributed by atoms with Crippen molar-refractivity contribution < 1.29 is 18.0 Å². The molecule has 0 unspecified atom stereocenters. The Kier molecular flexibility index (Phi) is 3.51. The number of hydrogen-bond acceptors (Lipinski definition) is 3. The molecule has 1 aromatic rings. The van der Waals surface area contributed by atoms with Crippen LogP contribution in [0.15, 0.2) is 18.3 Å². The van der Waals surface area contributed by atoms with Gasteiger partial charge in [0, 0.05) is 13.2 Å². The summed E-state index contributed by atoms with van der Waals surface area (Å²) in [6.45, 7) is 0.159. The molecule has 0 saturated heterocycles. The molecule has 0 aliphatic carbocycles. The molecule has 88 valence electrons. The Balaban J connectivity index is 2.99. The third-order valence-corrected chi connectivity index (χ3v) is 1.94. The topological polar surface area (TPSA) is 33.2 Å². The van der Waals surface area contributed by atoms with Crippen LogP contribution in [0.3, 0.4) is 0 Å². The Morgan fingerprint density at radius 3 is 2.62 bits per heavy atom. The fourth-order valence-electron chi connectivity index (χ4n) is 1.32. The minimum Gasteiger partial charge on any atom is -0.350 e. The maximum absolute atomic E-state index is 12.2. The summed E-state index contributed by atoms with van der Waals surface area (Å²) in [6, 6.07) is 2.97. The molecule has 1 rings (SSSR count). The normalized spacial score (nSPS) is 11.3. The van der Waals surface area contributed by atoms with Gasteiger partial charge < -0.3 is 4.90 Å². The van der Waals surface area contributed by atoms with E-state index in [-0.39, 0.29) is 17.2 Å². The summed E-state index contributed by atoms with van der Waals surface area (Å²) in [5.74, 6) is -0.260. The van der Waals surface area contributed by atoms with E-state index >= 15 is 0 Å². The first kappa shape index (κ1) is 12.5. The van der Waals surface area contributed by atoms with E-state index in [2.05, 4.69) is 4.98 Å². The van der Waals surface area contributed by atoms with Crippen LogP contribution in [0.2, 0.25) is 0 Å². The molecule has 0 amide bonds. The van der Waals surface area contributed by atoms with E-state index in [1.807, 2.05) is 0 Å². The number of anilines is 1. The molecule has 16 heavy (non-hydrogen) atoms. The molecule has 0 N–H and O–H groups in total. The molecule has 1 aromatic heterocycles. The minimum atomic E-state index is -4.32. The molecule has 3 nitrogen and oxygen atoms in total. The number of nitrogens with zero attached hydrogens (tertiary/aromatic N) is 2. The van der Waals surface area contributed by atoms with Crippen molar-refractivity contribution in [2.45, 2.75) is 13.1 Å². The zero-order chi connectivity index (χ0) is 12.3. The van der Waals surface area contributed by atoms with Crippen LogP contribution >= 0.6 is 0 Å². The van der Waals surface area contributed by atoms with E-state index in [4.69, 9.17) is 0 Å². The first-order valence-corrected chi connectivity index (χ1v) is 4.55. The second-order valence-corrected chi connectivity index (χ2v) is 3.40. The van der Waals surface area contributed by atoms with Crippen molar-refractivity contribution in [1.82, 2.24) is 4.98 Å². The molecular formula is C10H11F3N2O. The number of pyridine rings is 1. The van der Waals surface area contributed by atoms with Gasteiger partial charge >= 0.3 is 6.18 Å². The quantitative estimate of drug-likeness (QED) is 0.749. The number of aromatic nitrogens is 1. The van der Waals surface area contributed by atoms with Gasteiger partial charge in [-0.3, -0.25) is 4.79 Å². The molecule has 0 aliphatic rings. The van der Waals surface area contributed by atoms with E-state index in [1.54, 1.807) is 0 Å². The Labute approximate surface area is 90.9 Å². The van der Waals surface area contributed by atoms with E-state index < -0.39 is 12.7 Å². The summed E-state index contributed by atoms with van der Waals surface area (Å²) in [4.78, 5) is 15.9.